The zero-order valence-corrected chi connectivity index (χ0v) is 13.7. The van der Waals surface area contributed by atoms with Gasteiger partial charge < -0.3 is 9.47 Å². The Bertz CT molecular complexity index is 522. The molecule has 0 saturated heterocycles. The highest BCUT2D eigenvalue weighted by Gasteiger charge is 2.30. The summed E-state index contributed by atoms with van der Waals surface area (Å²) in [6.07, 6.45) is -0.808. The van der Waals surface area contributed by atoms with Crippen LogP contribution >= 0.6 is 0 Å². The molecule has 1 aromatic rings. The average Bonchev–Trinajstić information content (AvgIpc) is 2.45. The number of nitrogens with zero attached hydrogens (tertiary/aromatic N) is 1. The number of benzene rings is 1. The van der Waals surface area contributed by atoms with Crippen molar-refractivity contribution in [2.75, 3.05) is 6.61 Å². The molecule has 0 heterocycles. The molecule has 0 radical (unpaired) electrons. The molecule has 0 bridgehead atoms. The molecule has 1 aromatic carbocycles. The fourth-order valence-corrected chi connectivity index (χ4v) is 2.04. The summed E-state index contributed by atoms with van der Waals surface area (Å²) in [5, 5.41) is 10.5. The van der Waals surface area contributed by atoms with Crippen molar-refractivity contribution in [1.29, 1.82) is 0 Å². The Labute approximate surface area is 130 Å². The molecule has 0 fully saturated rings. The predicted octanol–water partition coefficient (Wildman–Crippen LogP) is 4.43. The first-order valence-electron chi connectivity index (χ1n) is 7.22. The quantitative estimate of drug-likeness (QED) is 0.336. The minimum atomic E-state index is -0.808. The van der Waals surface area contributed by atoms with E-state index < -0.39 is 11.1 Å². The van der Waals surface area contributed by atoms with E-state index in [1.807, 2.05) is 13.8 Å². The van der Waals surface area contributed by atoms with Gasteiger partial charge in [-0.2, -0.15) is 0 Å². The standard InChI is InChI=1S/C16H23NO5/c1-11(2)12(3)16(4,5)10-21-15(18)22-14-8-6-13(7-9-14)17(19)20/h6-9,11-12H,10H2,1-5H3. The molecule has 6 heteroatoms. The van der Waals surface area contributed by atoms with Gasteiger partial charge in [0.25, 0.3) is 5.69 Å². The first-order chi connectivity index (χ1) is 10.1. The summed E-state index contributed by atoms with van der Waals surface area (Å²) in [4.78, 5) is 21.7. The highest BCUT2D eigenvalue weighted by molar-refractivity contribution is 5.64. The molecule has 0 spiro atoms. The number of rotatable bonds is 6. The molecule has 1 atom stereocenters. The number of hydrogen-bond acceptors (Lipinski definition) is 5. The van der Waals surface area contributed by atoms with E-state index in [2.05, 4.69) is 20.8 Å². The van der Waals surface area contributed by atoms with E-state index in [1.165, 1.54) is 24.3 Å². The SMILES string of the molecule is CC(C)C(C)C(C)(C)COC(=O)Oc1ccc([N+](=O)[O-])cc1. The molecule has 0 N–H and O–H groups in total. The van der Waals surface area contributed by atoms with Gasteiger partial charge in [-0.1, -0.05) is 34.6 Å². The van der Waals surface area contributed by atoms with Crippen molar-refractivity contribution < 1.29 is 19.2 Å². The van der Waals surface area contributed by atoms with Gasteiger partial charge in [-0.3, -0.25) is 10.1 Å². The maximum atomic E-state index is 11.7. The fraction of sp³-hybridized carbons (Fsp3) is 0.562. The second-order valence-electron chi connectivity index (χ2n) is 6.41. The van der Waals surface area contributed by atoms with Crippen LogP contribution in [0.1, 0.15) is 34.6 Å². The van der Waals surface area contributed by atoms with Crippen LogP contribution < -0.4 is 4.74 Å². The van der Waals surface area contributed by atoms with E-state index in [4.69, 9.17) is 9.47 Å². The molecule has 0 aliphatic carbocycles. The number of ether oxygens (including phenoxy) is 2. The first-order valence-corrected chi connectivity index (χ1v) is 7.22. The van der Waals surface area contributed by atoms with Gasteiger partial charge in [0, 0.05) is 17.5 Å². The Kier molecular flexibility index (Phi) is 5.91. The minimum absolute atomic E-state index is 0.0624. The maximum Gasteiger partial charge on any atom is 0.513 e. The fourth-order valence-electron chi connectivity index (χ4n) is 2.04. The van der Waals surface area contributed by atoms with E-state index >= 15 is 0 Å². The molecule has 122 valence electrons. The van der Waals surface area contributed by atoms with Crippen LogP contribution in [0.4, 0.5) is 10.5 Å². The summed E-state index contributed by atoms with van der Waals surface area (Å²) in [5.74, 6) is 1.06. The third-order valence-corrected chi connectivity index (χ3v) is 4.04. The zero-order valence-electron chi connectivity index (χ0n) is 13.7. The molecule has 0 aliphatic heterocycles. The van der Waals surface area contributed by atoms with E-state index in [1.54, 1.807) is 0 Å². The van der Waals surface area contributed by atoms with Crippen molar-refractivity contribution in [1.82, 2.24) is 0 Å². The Hall–Kier alpha value is -2.11. The molecule has 1 rings (SSSR count). The third kappa shape index (κ3) is 5.02. The summed E-state index contributed by atoms with van der Waals surface area (Å²) < 4.78 is 10.2. The maximum absolute atomic E-state index is 11.7. The lowest BCUT2D eigenvalue weighted by molar-refractivity contribution is -0.384. The summed E-state index contributed by atoms with van der Waals surface area (Å²) >= 11 is 0. The number of carbonyl (C=O) groups excluding carboxylic acids is 1. The smallest absolute Gasteiger partial charge is 0.433 e. The second-order valence-corrected chi connectivity index (χ2v) is 6.41. The topological polar surface area (TPSA) is 78.7 Å². The number of nitro groups is 1. The Morgan fingerprint density at radius 3 is 2.23 bits per heavy atom. The van der Waals surface area contributed by atoms with Crippen LogP contribution in [0.25, 0.3) is 0 Å². The van der Waals surface area contributed by atoms with E-state index in [-0.39, 0.29) is 23.5 Å². The molecule has 1 unspecified atom stereocenters. The van der Waals surface area contributed by atoms with Crippen LogP contribution in [-0.4, -0.2) is 17.7 Å². The average molecular weight is 309 g/mol. The third-order valence-electron chi connectivity index (χ3n) is 4.04. The number of nitro benzene ring substituents is 1. The van der Waals surface area contributed by atoms with E-state index in [9.17, 15) is 14.9 Å². The molecule has 0 aromatic heterocycles. The van der Waals surface area contributed by atoms with Gasteiger partial charge in [0.2, 0.25) is 0 Å². The summed E-state index contributed by atoms with van der Waals surface area (Å²) in [7, 11) is 0. The molecular formula is C16H23NO5. The molecule has 0 amide bonds. The van der Waals surface area contributed by atoms with Crippen LogP contribution in [0.15, 0.2) is 24.3 Å². The lowest BCUT2D eigenvalue weighted by atomic mass is 9.75. The van der Waals surface area contributed by atoms with Gasteiger partial charge in [-0.05, 0) is 24.0 Å². The van der Waals surface area contributed by atoms with Gasteiger partial charge in [0.1, 0.15) is 12.4 Å². The van der Waals surface area contributed by atoms with Crippen LogP contribution in [0, 0.1) is 27.4 Å². The van der Waals surface area contributed by atoms with E-state index in [0.717, 1.165) is 0 Å². The minimum Gasteiger partial charge on any atom is -0.433 e. The normalized spacial score (nSPS) is 12.8. The predicted molar refractivity (Wildman–Crippen MR) is 82.9 cm³/mol. The Balaban J connectivity index is 2.54. The van der Waals surface area contributed by atoms with Gasteiger partial charge in [0.15, 0.2) is 0 Å². The lowest BCUT2D eigenvalue weighted by Crippen LogP contribution is -2.32. The van der Waals surface area contributed by atoms with Crippen LogP contribution in [0.5, 0.6) is 5.75 Å². The molecular weight excluding hydrogens is 286 g/mol. The number of non-ortho nitro benzene ring substituents is 1. The molecule has 22 heavy (non-hydrogen) atoms. The second kappa shape index (κ2) is 7.24. The highest BCUT2D eigenvalue weighted by atomic mass is 16.7. The van der Waals surface area contributed by atoms with Crippen molar-refractivity contribution in [2.24, 2.45) is 17.3 Å². The zero-order chi connectivity index (χ0) is 16.9. The highest BCUT2D eigenvalue weighted by Crippen LogP contribution is 2.32. The van der Waals surface area contributed by atoms with Crippen molar-refractivity contribution >= 4 is 11.8 Å². The van der Waals surface area contributed by atoms with Gasteiger partial charge >= 0.3 is 6.16 Å². The van der Waals surface area contributed by atoms with Crippen molar-refractivity contribution in [3.63, 3.8) is 0 Å². The van der Waals surface area contributed by atoms with Crippen LogP contribution in [-0.2, 0) is 4.74 Å². The van der Waals surface area contributed by atoms with Crippen LogP contribution in [0.3, 0.4) is 0 Å². The Morgan fingerprint density at radius 2 is 1.77 bits per heavy atom. The molecule has 0 aliphatic rings. The lowest BCUT2D eigenvalue weighted by Gasteiger charge is -2.33. The largest absolute Gasteiger partial charge is 0.513 e. The molecule has 0 saturated carbocycles. The van der Waals surface area contributed by atoms with Gasteiger partial charge in [-0.25, -0.2) is 4.79 Å². The number of carbonyl (C=O) groups is 1. The molecule has 6 nitrogen and oxygen atoms in total. The monoisotopic (exact) mass is 309 g/mol. The van der Waals surface area contributed by atoms with Crippen molar-refractivity contribution in [3.05, 3.63) is 34.4 Å². The Morgan fingerprint density at radius 1 is 1.23 bits per heavy atom. The first kappa shape index (κ1) is 17.9. The van der Waals surface area contributed by atoms with Crippen LogP contribution in [0.2, 0.25) is 0 Å². The van der Waals surface area contributed by atoms with Gasteiger partial charge in [-0.15, -0.1) is 0 Å². The van der Waals surface area contributed by atoms with Crippen molar-refractivity contribution in [2.45, 2.75) is 34.6 Å². The van der Waals surface area contributed by atoms with E-state index in [0.29, 0.717) is 11.8 Å². The summed E-state index contributed by atoms with van der Waals surface area (Å²) in [5.41, 5.74) is -0.226. The number of hydrogen-bond donors (Lipinski definition) is 0. The summed E-state index contributed by atoms with van der Waals surface area (Å²) in [6, 6.07) is 5.27. The summed E-state index contributed by atoms with van der Waals surface area (Å²) in [6.45, 7) is 10.7. The van der Waals surface area contributed by atoms with Crippen molar-refractivity contribution in [3.8, 4) is 5.75 Å². The van der Waals surface area contributed by atoms with Gasteiger partial charge in [0.05, 0.1) is 4.92 Å².